The van der Waals surface area contributed by atoms with E-state index in [1.807, 2.05) is 18.2 Å². The number of hydrogen-bond donors (Lipinski definition) is 0. The Morgan fingerprint density at radius 1 is 0.900 bits per heavy atom. The SMILES string of the molecule is Cc1ccc(C)c(OCCCOCc2ccccc2)c1. The van der Waals surface area contributed by atoms with Gasteiger partial charge in [0.1, 0.15) is 5.75 Å². The highest BCUT2D eigenvalue weighted by Crippen LogP contribution is 2.19. The Labute approximate surface area is 121 Å². The molecule has 0 spiro atoms. The number of benzene rings is 2. The Bertz CT molecular complexity index is 520. The molecule has 0 atom stereocenters. The Balaban J connectivity index is 1.63. The maximum absolute atomic E-state index is 5.79. The molecule has 2 aromatic rings. The Morgan fingerprint density at radius 3 is 2.50 bits per heavy atom. The normalized spacial score (nSPS) is 10.5. The summed E-state index contributed by atoms with van der Waals surface area (Å²) in [6.07, 6.45) is 0.903. The van der Waals surface area contributed by atoms with Crippen molar-refractivity contribution in [1.82, 2.24) is 0 Å². The van der Waals surface area contributed by atoms with Gasteiger partial charge in [0, 0.05) is 6.42 Å². The van der Waals surface area contributed by atoms with Gasteiger partial charge in [-0.1, -0.05) is 42.5 Å². The van der Waals surface area contributed by atoms with E-state index < -0.39 is 0 Å². The first-order valence-corrected chi connectivity index (χ1v) is 7.07. The van der Waals surface area contributed by atoms with Gasteiger partial charge in [-0.15, -0.1) is 0 Å². The molecule has 0 bridgehead atoms. The fraction of sp³-hybridized carbons (Fsp3) is 0.333. The molecule has 0 radical (unpaired) electrons. The molecule has 2 heteroatoms. The summed E-state index contributed by atoms with van der Waals surface area (Å²) in [5.74, 6) is 0.980. The lowest BCUT2D eigenvalue weighted by atomic mass is 10.1. The van der Waals surface area contributed by atoms with Crippen molar-refractivity contribution in [2.45, 2.75) is 26.9 Å². The Morgan fingerprint density at radius 2 is 1.70 bits per heavy atom. The summed E-state index contributed by atoms with van der Waals surface area (Å²) in [5, 5.41) is 0. The highest BCUT2D eigenvalue weighted by molar-refractivity contribution is 5.35. The van der Waals surface area contributed by atoms with E-state index >= 15 is 0 Å². The second-order valence-corrected chi connectivity index (χ2v) is 5.01. The summed E-state index contributed by atoms with van der Waals surface area (Å²) in [5.41, 5.74) is 3.62. The molecule has 0 aromatic heterocycles. The van der Waals surface area contributed by atoms with Crippen LogP contribution in [0.3, 0.4) is 0 Å². The zero-order chi connectivity index (χ0) is 14.2. The highest BCUT2D eigenvalue weighted by Gasteiger charge is 1.99. The lowest BCUT2D eigenvalue weighted by Gasteiger charge is -2.10. The van der Waals surface area contributed by atoms with Crippen molar-refractivity contribution in [2.75, 3.05) is 13.2 Å². The molecule has 0 saturated heterocycles. The molecule has 0 aliphatic carbocycles. The number of ether oxygens (including phenoxy) is 2. The van der Waals surface area contributed by atoms with Crippen LogP contribution >= 0.6 is 0 Å². The van der Waals surface area contributed by atoms with Crippen molar-refractivity contribution >= 4 is 0 Å². The molecule has 0 aliphatic rings. The van der Waals surface area contributed by atoms with Gasteiger partial charge in [0.15, 0.2) is 0 Å². The van der Waals surface area contributed by atoms with Gasteiger partial charge in [0.2, 0.25) is 0 Å². The molecule has 0 saturated carbocycles. The highest BCUT2D eigenvalue weighted by atomic mass is 16.5. The van der Waals surface area contributed by atoms with E-state index in [-0.39, 0.29) is 0 Å². The van der Waals surface area contributed by atoms with Gasteiger partial charge in [-0.3, -0.25) is 0 Å². The monoisotopic (exact) mass is 270 g/mol. The van der Waals surface area contributed by atoms with Crippen molar-refractivity contribution in [1.29, 1.82) is 0 Å². The first kappa shape index (κ1) is 14.6. The minimum Gasteiger partial charge on any atom is -0.493 e. The average Bonchev–Trinajstić information content (AvgIpc) is 2.47. The number of hydrogen-bond acceptors (Lipinski definition) is 2. The lowest BCUT2D eigenvalue weighted by Crippen LogP contribution is -2.04. The van der Waals surface area contributed by atoms with Crippen LogP contribution in [0.2, 0.25) is 0 Å². The summed E-state index contributed by atoms with van der Waals surface area (Å²) in [4.78, 5) is 0. The molecule has 0 amide bonds. The zero-order valence-corrected chi connectivity index (χ0v) is 12.3. The Kier molecular flexibility index (Phi) is 5.63. The Hall–Kier alpha value is -1.80. The summed E-state index contributed by atoms with van der Waals surface area (Å²) in [6.45, 7) is 6.24. The molecule has 2 nitrogen and oxygen atoms in total. The number of rotatable bonds is 7. The molecule has 0 aliphatic heterocycles. The van der Waals surface area contributed by atoms with Crippen molar-refractivity contribution < 1.29 is 9.47 Å². The molecule has 20 heavy (non-hydrogen) atoms. The molecular formula is C18H22O2. The predicted molar refractivity (Wildman–Crippen MR) is 82.1 cm³/mol. The van der Waals surface area contributed by atoms with Crippen LogP contribution in [0.5, 0.6) is 5.75 Å². The largest absolute Gasteiger partial charge is 0.493 e. The lowest BCUT2D eigenvalue weighted by molar-refractivity contribution is 0.107. The molecular weight excluding hydrogens is 248 g/mol. The molecule has 0 heterocycles. The van der Waals surface area contributed by atoms with Crippen LogP contribution in [-0.4, -0.2) is 13.2 Å². The maximum Gasteiger partial charge on any atom is 0.122 e. The maximum atomic E-state index is 5.79. The van der Waals surface area contributed by atoms with Gasteiger partial charge in [0.25, 0.3) is 0 Å². The molecule has 0 unspecified atom stereocenters. The first-order valence-electron chi connectivity index (χ1n) is 7.07. The third kappa shape index (κ3) is 4.71. The second kappa shape index (κ2) is 7.71. The van der Waals surface area contributed by atoms with Crippen LogP contribution in [-0.2, 0) is 11.3 Å². The summed E-state index contributed by atoms with van der Waals surface area (Å²) in [6, 6.07) is 16.5. The number of aryl methyl sites for hydroxylation is 2. The quantitative estimate of drug-likeness (QED) is 0.699. The van der Waals surface area contributed by atoms with Gasteiger partial charge in [-0.25, -0.2) is 0 Å². The fourth-order valence-corrected chi connectivity index (χ4v) is 1.97. The van der Waals surface area contributed by atoms with E-state index in [1.165, 1.54) is 16.7 Å². The van der Waals surface area contributed by atoms with Crippen LogP contribution in [0.15, 0.2) is 48.5 Å². The fourth-order valence-electron chi connectivity index (χ4n) is 1.97. The van der Waals surface area contributed by atoms with E-state index in [9.17, 15) is 0 Å². The second-order valence-electron chi connectivity index (χ2n) is 5.01. The van der Waals surface area contributed by atoms with Crippen LogP contribution < -0.4 is 4.74 Å². The smallest absolute Gasteiger partial charge is 0.122 e. The van der Waals surface area contributed by atoms with Crippen LogP contribution in [0.1, 0.15) is 23.1 Å². The molecule has 2 rings (SSSR count). The third-order valence-corrected chi connectivity index (χ3v) is 3.15. The van der Waals surface area contributed by atoms with E-state index in [0.717, 1.165) is 18.8 Å². The van der Waals surface area contributed by atoms with E-state index in [4.69, 9.17) is 9.47 Å². The van der Waals surface area contributed by atoms with Gasteiger partial charge in [-0.05, 0) is 36.6 Å². The van der Waals surface area contributed by atoms with E-state index in [2.05, 4.69) is 44.2 Å². The van der Waals surface area contributed by atoms with Crippen LogP contribution in [0, 0.1) is 13.8 Å². The first-order chi connectivity index (χ1) is 9.75. The summed E-state index contributed by atoms with van der Waals surface area (Å²) in [7, 11) is 0. The van der Waals surface area contributed by atoms with Gasteiger partial charge in [0.05, 0.1) is 19.8 Å². The summed E-state index contributed by atoms with van der Waals surface area (Å²) >= 11 is 0. The minimum atomic E-state index is 0.671. The molecule has 106 valence electrons. The minimum absolute atomic E-state index is 0.671. The standard InChI is InChI=1S/C18H22O2/c1-15-9-10-16(2)18(13-15)20-12-6-11-19-14-17-7-4-3-5-8-17/h3-5,7-10,13H,6,11-12,14H2,1-2H3. The van der Waals surface area contributed by atoms with Crippen molar-refractivity contribution in [2.24, 2.45) is 0 Å². The van der Waals surface area contributed by atoms with Crippen molar-refractivity contribution in [3.05, 3.63) is 65.2 Å². The van der Waals surface area contributed by atoms with Crippen molar-refractivity contribution in [3.8, 4) is 5.75 Å². The van der Waals surface area contributed by atoms with Gasteiger partial charge < -0.3 is 9.47 Å². The predicted octanol–water partition coefficient (Wildman–Crippen LogP) is 4.29. The summed E-state index contributed by atoms with van der Waals surface area (Å²) < 4.78 is 11.4. The van der Waals surface area contributed by atoms with Crippen LogP contribution in [0.4, 0.5) is 0 Å². The average molecular weight is 270 g/mol. The van der Waals surface area contributed by atoms with E-state index in [1.54, 1.807) is 0 Å². The van der Waals surface area contributed by atoms with Crippen molar-refractivity contribution in [3.63, 3.8) is 0 Å². The molecule has 0 N–H and O–H groups in total. The zero-order valence-electron chi connectivity index (χ0n) is 12.3. The van der Waals surface area contributed by atoms with E-state index in [0.29, 0.717) is 13.2 Å². The van der Waals surface area contributed by atoms with Gasteiger partial charge in [-0.2, -0.15) is 0 Å². The van der Waals surface area contributed by atoms with Crippen LogP contribution in [0.25, 0.3) is 0 Å². The van der Waals surface area contributed by atoms with Gasteiger partial charge >= 0.3 is 0 Å². The molecule has 0 fully saturated rings. The topological polar surface area (TPSA) is 18.5 Å². The third-order valence-electron chi connectivity index (χ3n) is 3.15. The molecule has 2 aromatic carbocycles.